The van der Waals surface area contributed by atoms with Crippen molar-refractivity contribution in [2.75, 3.05) is 13.1 Å². The molecule has 1 saturated heterocycles. The van der Waals surface area contributed by atoms with E-state index in [0.29, 0.717) is 36.5 Å². The van der Waals surface area contributed by atoms with Crippen molar-refractivity contribution in [3.05, 3.63) is 45.6 Å². The third-order valence-electron chi connectivity index (χ3n) is 5.03. The molecule has 1 aliphatic rings. The number of pyridine rings is 1. The van der Waals surface area contributed by atoms with Gasteiger partial charge in [-0.2, -0.15) is 0 Å². The van der Waals surface area contributed by atoms with Gasteiger partial charge in [0.1, 0.15) is 11.4 Å². The molecule has 0 bridgehead atoms. The molecule has 0 aromatic carbocycles. The molecule has 1 fully saturated rings. The summed E-state index contributed by atoms with van der Waals surface area (Å²) in [6.45, 7) is 4.75. The first kappa shape index (κ1) is 18.8. The minimum atomic E-state index is -0.695. The molecule has 0 saturated carbocycles. The van der Waals surface area contributed by atoms with Crippen LogP contribution in [0, 0.1) is 12.3 Å². The fourth-order valence-electron chi connectivity index (χ4n) is 3.29. The normalized spacial score (nSPS) is 19.7. The first-order chi connectivity index (χ1) is 12.8. The highest BCUT2D eigenvalue weighted by molar-refractivity contribution is 5.94. The molecular formula is C18H23N5O4. The summed E-state index contributed by atoms with van der Waals surface area (Å²) >= 11 is 0. The van der Waals surface area contributed by atoms with Gasteiger partial charge in [0.2, 0.25) is 11.5 Å². The van der Waals surface area contributed by atoms with E-state index in [-0.39, 0.29) is 23.9 Å². The molecule has 0 unspecified atom stereocenters. The zero-order valence-electron chi connectivity index (χ0n) is 15.7. The first-order valence-corrected chi connectivity index (χ1v) is 8.82. The van der Waals surface area contributed by atoms with Crippen LogP contribution in [0.4, 0.5) is 0 Å². The van der Waals surface area contributed by atoms with Crippen LogP contribution in [-0.2, 0) is 18.4 Å². The summed E-state index contributed by atoms with van der Waals surface area (Å²) in [5.41, 5.74) is 0.786. The van der Waals surface area contributed by atoms with Crippen LogP contribution >= 0.6 is 0 Å². The van der Waals surface area contributed by atoms with Gasteiger partial charge in [-0.15, -0.1) is 0 Å². The zero-order chi connectivity index (χ0) is 19.6. The molecule has 9 heteroatoms. The maximum Gasteiger partial charge on any atom is 0.255 e. The smallest absolute Gasteiger partial charge is 0.255 e. The molecule has 0 aliphatic carbocycles. The lowest BCUT2D eigenvalue weighted by Gasteiger charge is -2.39. The Morgan fingerprint density at radius 3 is 2.78 bits per heavy atom. The van der Waals surface area contributed by atoms with Crippen LogP contribution in [0.25, 0.3) is 0 Å². The molecule has 2 amide bonds. The maximum atomic E-state index is 12.8. The quantitative estimate of drug-likeness (QED) is 0.842. The Labute approximate surface area is 156 Å². The van der Waals surface area contributed by atoms with Crippen molar-refractivity contribution in [1.29, 1.82) is 0 Å². The summed E-state index contributed by atoms with van der Waals surface area (Å²) < 4.78 is 6.01. The molecule has 0 radical (unpaired) electrons. The van der Waals surface area contributed by atoms with Crippen LogP contribution in [0.1, 0.15) is 41.5 Å². The molecule has 3 heterocycles. The van der Waals surface area contributed by atoms with E-state index in [9.17, 15) is 14.4 Å². The summed E-state index contributed by atoms with van der Waals surface area (Å²) in [5.74, 6) is -0.316. The lowest BCUT2D eigenvalue weighted by atomic mass is 9.80. The molecule has 144 valence electrons. The molecule has 1 N–H and O–H groups in total. The van der Waals surface area contributed by atoms with Gasteiger partial charge in [0.05, 0.1) is 17.5 Å². The maximum absolute atomic E-state index is 12.8. The van der Waals surface area contributed by atoms with Crippen LogP contribution in [0.3, 0.4) is 0 Å². The first-order valence-electron chi connectivity index (χ1n) is 8.82. The van der Waals surface area contributed by atoms with Gasteiger partial charge in [-0.05, 0) is 32.8 Å². The van der Waals surface area contributed by atoms with Crippen LogP contribution < -0.4 is 10.9 Å². The summed E-state index contributed by atoms with van der Waals surface area (Å²) in [6.07, 6.45) is 2.94. The fourth-order valence-corrected chi connectivity index (χ4v) is 3.29. The Kier molecular flexibility index (Phi) is 5.11. The second-order valence-corrected chi connectivity index (χ2v) is 7.24. The molecule has 2 aromatic heterocycles. The summed E-state index contributed by atoms with van der Waals surface area (Å²) in [4.78, 5) is 38.8. The molecule has 2 aromatic rings. The van der Waals surface area contributed by atoms with Crippen LogP contribution in [0.2, 0.25) is 0 Å². The van der Waals surface area contributed by atoms with E-state index in [1.54, 1.807) is 18.9 Å². The number of nitrogens with zero attached hydrogens (tertiary/aromatic N) is 4. The summed E-state index contributed by atoms with van der Waals surface area (Å²) in [5, 5.41) is 10.3. The summed E-state index contributed by atoms with van der Waals surface area (Å²) in [7, 11) is 1.60. The van der Waals surface area contributed by atoms with Gasteiger partial charge in [-0.1, -0.05) is 10.3 Å². The number of hydrogen-bond donors (Lipinski definition) is 1. The predicted octanol–water partition coefficient (Wildman–Crippen LogP) is 0.635. The largest absolute Gasteiger partial charge is 0.350 e. The fraction of sp³-hybridized carbons (Fsp3) is 0.500. The number of likely N-dealkylation sites (tertiary alicyclic amines) is 1. The van der Waals surface area contributed by atoms with Crippen LogP contribution in [-0.4, -0.2) is 44.7 Å². The van der Waals surface area contributed by atoms with Crippen LogP contribution in [0.15, 0.2) is 27.8 Å². The zero-order valence-corrected chi connectivity index (χ0v) is 15.7. The molecule has 1 atom stereocenters. The Balaban J connectivity index is 1.69. The van der Waals surface area contributed by atoms with Gasteiger partial charge in [-0.25, -0.2) is 4.63 Å². The highest BCUT2D eigenvalue weighted by Gasteiger charge is 2.39. The van der Waals surface area contributed by atoms with Gasteiger partial charge in [-0.3, -0.25) is 14.4 Å². The van der Waals surface area contributed by atoms with Gasteiger partial charge in [0, 0.05) is 32.4 Å². The van der Waals surface area contributed by atoms with E-state index in [1.165, 1.54) is 22.9 Å². The van der Waals surface area contributed by atoms with Crippen molar-refractivity contribution in [2.24, 2.45) is 12.5 Å². The van der Waals surface area contributed by atoms with Crippen molar-refractivity contribution < 1.29 is 14.2 Å². The van der Waals surface area contributed by atoms with Gasteiger partial charge >= 0.3 is 0 Å². The van der Waals surface area contributed by atoms with E-state index < -0.39 is 5.41 Å². The number of piperidine rings is 1. The van der Waals surface area contributed by atoms with Crippen molar-refractivity contribution in [1.82, 2.24) is 25.1 Å². The SMILES string of the molecule is Cc1nonc1CNC(=O)[C@@]1(C)CCCN(C(=O)c2ccc(=O)n(C)c2)C1. The highest BCUT2D eigenvalue weighted by atomic mass is 16.6. The predicted molar refractivity (Wildman–Crippen MR) is 95.8 cm³/mol. The van der Waals surface area contributed by atoms with Crippen LogP contribution in [0.5, 0.6) is 0 Å². The van der Waals surface area contributed by atoms with Gasteiger partial charge < -0.3 is 14.8 Å². The number of nitrogens with one attached hydrogen (secondary N) is 1. The lowest BCUT2D eigenvalue weighted by molar-refractivity contribution is -0.132. The minimum Gasteiger partial charge on any atom is -0.350 e. The number of aromatic nitrogens is 3. The number of amides is 2. The molecule has 0 spiro atoms. The van der Waals surface area contributed by atoms with Crippen molar-refractivity contribution in [2.45, 2.75) is 33.2 Å². The second-order valence-electron chi connectivity index (χ2n) is 7.24. The Morgan fingerprint density at radius 2 is 2.11 bits per heavy atom. The summed E-state index contributed by atoms with van der Waals surface area (Å²) in [6, 6.07) is 2.90. The lowest BCUT2D eigenvalue weighted by Crippen LogP contribution is -2.51. The van der Waals surface area contributed by atoms with E-state index in [1.807, 2.05) is 6.92 Å². The van der Waals surface area contributed by atoms with Crippen molar-refractivity contribution in [3.8, 4) is 0 Å². The monoisotopic (exact) mass is 373 g/mol. The minimum absolute atomic E-state index is 0.136. The van der Waals surface area contributed by atoms with Gasteiger partial charge in [0.25, 0.3) is 5.91 Å². The van der Waals surface area contributed by atoms with Crippen molar-refractivity contribution in [3.63, 3.8) is 0 Å². The van der Waals surface area contributed by atoms with E-state index in [0.717, 1.165) is 6.42 Å². The Bertz CT molecular complexity index is 918. The van der Waals surface area contributed by atoms with E-state index in [4.69, 9.17) is 0 Å². The Morgan fingerprint density at radius 1 is 1.33 bits per heavy atom. The molecule has 3 rings (SSSR count). The third-order valence-corrected chi connectivity index (χ3v) is 5.03. The topological polar surface area (TPSA) is 110 Å². The molecule has 1 aliphatic heterocycles. The molecule has 9 nitrogen and oxygen atoms in total. The third kappa shape index (κ3) is 3.91. The van der Waals surface area contributed by atoms with E-state index >= 15 is 0 Å². The van der Waals surface area contributed by atoms with E-state index in [2.05, 4.69) is 20.3 Å². The number of carbonyl (C=O) groups excluding carboxylic acids is 2. The second kappa shape index (κ2) is 7.34. The molecular weight excluding hydrogens is 350 g/mol. The standard InChI is InChI=1S/C18H23N5O4/c1-12-14(21-27-20-12)9-19-17(26)18(2)7-4-8-23(11-18)16(25)13-5-6-15(24)22(3)10-13/h5-6,10H,4,7-9,11H2,1-3H3,(H,19,26)/t18-/m0/s1. The number of aryl methyl sites for hydroxylation is 2. The molecule has 27 heavy (non-hydrogen) atoms. The van der Waals surface area contributed by atoms with Gasteiger partial charge in [0.15, 0.2) is 0 Å². The van der Waals surface area contributed by atoms with Crippen molar-refractivity contribution >= 4 is 11.8 Å². The highest BCUT2D eigenvalue weighted by Crippen LogP contribution is 2.30. The average molecular weight is 373 g/mol. The average Bonchev–Trinajstić information content (AvgIpc) is 3.06. The Hall–Kier alpha value is -2.97. The number of hydrogen-bond acceptors (Lipinski definition) is 6. The number of carbonyl (C=O) groups is 2. The number of rotatable bonds is 4.